The molecule has 0 N–H and O–H groups in total. The predicted molar refractivity (Wildman–Crippen MR) is 79.7 cm³/mol. The number of amides is 1. The largest absolute Gasteiger partial charge is 0.336 e. The van der Waals surface area contributed by atoms with Crippen LogP contribution in [0.2, 0.25) is 5.02 Å². The number of ketones is 1. The lowest BCUT2D eigenvalue weighted by atomic mass is 10.1. The van der Waals surface area contributed by atoms with Crippen molar-refractivity contribution in [3.05, 3.63) is 34.7 Å². The van der Waals surface area contributed by atoms with Gasteiger partial charge in [0.15, 0.2) is 0 Å². The van der Waals surface area contributed by atoms with Gasteiger partial charge in [-0.1, -0.05) is 18.5 Å². The minimum atomic E-state index is -0.0610. The van der Waals surface area contributed by atoms with E-state index >= 15 is 0 Å². The maximum Gasteiger partial charge on any atom is 0.272 e. The molecule has 0 aliphatic carbocycles. The quantitative estimate of drug-likeness (QED) is 0.856. The summed E-state index contributed by atoms with van der Waals surface area (Å²) < 4.78 is 1.78. The standard InChI is InChI=1S/C15H16ClN3O2/c1-2-12-14(15(21)18-6-4-11(20)5-7-18)19-8-3-10(16)9-13(19)17-12/h3,8-9H,2,4-7H2,1H3. The van der Waals surface area contributed by atoms with Crippen molar-refractivity contribution in [2.75, 3.05) is 13.1 Å². The number of hydrogen-bond donors (Lipinski definition) is 0. The van der Waals surface area contributed by atoms with Crippen LogP contribution in [-0.4, -0.2) is 39.1 Å². The fourth-order valence-electron chi connectivity index (χ4n) is 2.65. The van der Waals surface area contributed by atoms with Gasteiger partial charge in [-0.05, 0) is 12.5 Å². The maximum atomic E-state index is 12.8. The third kappa shape index (κ3) is 2.53. The van der Waals surface area contributed by atoms with Gasteiger partial charge in [0.1, 0.15) is 17.1 Å². The highest BCUT2D eigenvalue weighted by Gasteiger charge is 2.26. The Bertz CT molecular complexity index is 713. The third-order valence-electron chi connectivity index (χ3n) is 3.81. The number of rotatable bonds is 2. The SMILES string of the molecule is CCc1nc2cc(Cl)ccn2c1C(=O)N1CCC(=O)CC1. The molecule has 1 amide bonds. The highest BCUT2D eigenvalue weighted by atomic mass is 35.5. The molecule has 6 heteroatoms. The second kappa shape index (κ2) is 5.48. The summed E-state index contributed by atoms with van der Waals surface area (Å²) in [4.78, 5) is 30.3. The minimum absolute atomic E-state index is 0.0610. The first-order chi connectivity index (χ1) is 10.1. The first-order valence-electron chi connectivity index (χ1n) is 7.07. The Balaban J connectivity index is 2.02. The second-order valence-corrected chi connectivity index (χ2v) is 5.60. The van der Waals surface area contributed by atoms with Crippen LogP contribution in [0.1, 0.15) is 35.9 Å². The Morgan fingerprint density at radius 1 is 1.38 bits per heavy atom. The number of fused-ring (bicyclic) bond motifs is 1. The van der Waals surface area contributed by atoms with Crippen molar-refractivity contribution in [3.8, 4) is 0 Å². The van der Waals surface area contributed by atoms with Gasteiger partial charge in [0.25, 0.3) is 5.91 Å². The molecule has 0 bridgehead atoms. The van der Waals surface area contributed by atoms with Gasteiger partial charge >= 0.3 is 0 Å². The first kappa shape index (κ1) is 14.1. The number of Topliss-reactive ketones (excluding diaryl/α,β-unsaturated/α-hetero) is 1. The van der Waals surface area contributed by atoms with Gasteiger partial charge < -0.3 is 4.90 Å². The Morgan fingerprint density at radius 2 is 2.10 bits per heavy atom. The van der Waals surface area contributed by atoms with E-state index in [1.807, 2.05) is 6.92 Å². The van der Waals surface area contributed by atoms with E-state index in [1.54, 1.807) is 27.6 Å². The summed E-state index contributed by atoms with van der Waals surface area (Å²) in [5, 5.41) is 0.595. The van der Waals surface area contributed by atoms with Gasteiger partial charge in [-0.2, -0.15) is 0 Å². The van der Waals surface area contributed by atoms with E-state index < -0.39 is 0 Å². The molecule has 0 spiro atoms. The number of piperidine rings is 1. The van der Waals surface area contributed by atoms with Gasteiger partial charge in [-0.15, -0.1) is 0 Å². The van der Waals surface area contributed by atoms with Crippen LogP contribution in [0, 0.1) is 0 Å². The molecule has 3 heterocycles. The van der Waals surface area contributed by atoms with E-state index in [2.05, 4.69) is 4.98 Å². The number of imidazole rings is 1. The Morgan fingerprint density at radius 3 is 2.76 bits per heavy atom. The molecule has 1 aliphatic heterocycles. The molecular formula is C15H16ClN3O2. The molecule has 0 unspecified atom stereocenters. The highest BCUT2D eigenvalue weighted by molar-refractivity contribution is 6.30. The number of carbonyl (C=O) groups is 2. The zero-order valence-electron chi connectivity index (χ0n) is 11.8. The zero-order chi connectivity index (χ0) is 15.0. The van der Waals surface area contributed by atoms with E-state index in [-0.39, 0.29) is 11.7 Å². The monoisotopic (exact) mass is 305 g/mol. The smallest absolute Gasteiger partial charge is 0.272 e. The molecule has 110 valence electrons. The molecule has 21 heavy (non-hydrogen) atoms. The van der Waals surface area contributed by atoms with Crippen LogP contribution in [0.15, 0.2) is 18.3 Å². The highest BCUT2D eigenvalue weighted by Crippen LogP contribution is 2.20. The molecule has 0 saturated carbocycles. The molecule has 0 atom stereocenters. The normalized spacial score (nSPS) is 15.7. The summed E-state index contributed by atoms with van der Waals surface area (Å²) in [6, 6.07) is 3.49. The van der Waals surface area contributed by atoms with E-state index in [4.69, 9.17) is 11.6 Å². The van der Waals surface area contributed by atoms with Crippen LogP contribution >= 0.6 is 11.6 Å². The molecular weight excluding hydrogens is 290 g/mol. The fourth-order valence-corrected chi connectivity index (χ4v) is 2.80. The van der Waals surface area contributed by atoms with Crippen LogP contribution in [0.5, 0.6) is 0 Å². The first-order valence-corrected chi connectivity index (χ1v) is 7.45. The number of halogens is 1. The van der Waals surface area contributed by atoms with Gasteiger partial charge in [0.2, 0.25) is 0 Å². The second-order valence-electron chi connectivity index (χ2n) is 5.16. The number of likely N-dealkylation sites (tertiary alicyclic amines) is 1. The molecule has 2 aromatic heterocycles. The molecule has 2 aromatic rings. The van der Waals surface area contributed by atoms with Gasteiger partial charge in [-0.25, -0.2) is 4.98 Å². The zero-order valence-corrected chi connectivity index (χ0v) is 12.6. The molecule has 5 nitrogen and oxygen atoms in total. The van der Waals surface area contributed by atoms with Crippen LogP contribution in [0.25, 0.3) is 5.65 Å². The Kier molecular flexibility index (Phi) is 3.68. The lowest BCUT2D eigenvalue weighted by Gasteiger charge is -2.26. The van der Waals surface area contributed by atoms with Crippen molar-refractivity contribution in [2.24, 2.45) is 0 Å². The van der Waals surface area contributed by atoms with Gasteiger partial charge in [0, 0.05) is 43.2 Å². The third-order valence-corrected chi connectivity index (χ3v) is 4.04. The van der Waals surface area contributed by atoms with Crippen molar-refractivity contribution in [1.29, 1.82) is 0 Å². The van der Waals surface area contributed by atoms with E-state index in [0.29, 0.717) is 48.7 Å². The molecule has 1 saturated heterocycles. The molecule has 0 radical (unpaired) electrons. The average molecular weight is 306 g/mol. The van der Waals surface area contributed by atoms with E-state index in [0.717, 1.165) is 5.69 Å². The predicted octanol–water partition coefficient (Wildman–Crippen LogP) is 2.36. The van der Waals surface area contributed by atoms with Crippen LogP contribution in [-0.2, 0) is 11.2 Å². The van der Waals surface area contributed by atoms with Crippen molar-refractivity contribution in [2.45, 2.75) is 26.2 Å². The maximum absolute atomic E-state index is 12.8. The van der Waals surface area contributed by atoms with Crippen LogP contribution in [0.3, 0.4) is 0 Å². The van der Waals surface area contributed by atoms with Crippen molar-refractivity contribution < 1.29 is 9.59 Å². The lowest BCUT2D eigenvalue weighted by Crippen LogP contribution is -2.39. The minimum Gasteiger partial charge on any atom is -0.336 e. The molecule has 1 fully saturated rings. The Labute approximate surface area is 127 Å². The molecule has 1 aliphatic rings. The average Bonchev–Trinajstić information content (AvgIpc) is 2.84. The Hall–Kier alpha value is -1.88. The number of hydrogen-bond acceptors (Lipinski definition) is 3. The van der Waals surface area contributed by atoms with Crippen molar-refractivity contribution in [3.63, 3.8) is 0 Å². The lowest BCUT2D eigenvalue weighted by molar-refractivity contribution is -0.120. The molecule has 3 rings (SSSR count). The van der Waals surface area contributed by atoms with Gasteiger partial charge in [-0.3, -0.25) is 14.0 Å². The molecule has 0 aromatic carbocycles. The number of pyridine rings is 1. The fraction of sp³-hybridized carbons (Fsp3) is 0.400. The number of nitrogens with zero attached hydrogens (tertiary/aromatic N) is 3. The van der Waals surface area contributed by atoms with Gasteiger partial charge in [0.05, 0.1) is 5.69 Å². The summed E-state index contributed by atoms with van der Waals surface area (Å²) in [6.07, 6.45) is 3.32. The summed E-state index contributed by atoms with van der Waals surface area (Å²) in [6.45, 7) is 2.95. The summed E-state index contributed by atoms with van der Waals surface area (Å²) >= 11 is 5.98. The number of aromatic nitrogens is 2. The van der Waals surface area contributed by atoms with Crippen LogP contribution in [0.4, 0.5) is 0 Å². The van der Waals surface area contributed by atoms with E-state index in [9.17, 15) is 9.59 Å². The van der Waals surface area contributed by atoms with Crippen molar-refractivity contribution >= 4 is 28.9 Å². The van der Waals surface area contributed by atoms with Crippen molar-refractivity contribution in [1.82, 2.24) is 14.3 Å². The topological polar surface area (TPSA) is 54.7 Å². The van der Waals surface area contributed by atoms with Crippen LogP contribution < -0.4 is 0 Å². The number of carbonyl (C=O) groups excluding carboxylic acids is 2. The van der Waals surface area contributed by atoms with E-state index in [1.165, 1.54) is 0 Å². The number of aryl methyl sites for hydroxylation is 1. The summed E-state index contributed by atoms with van der Waals surface area (Å²) in [5.41, 5.74) is 2.02. The summed E-state index contributed by atoms with van der Waals surface area (Å²) in [7, 11) is 0. The summed E-state index contributed by atoms with van der Waals surface area (Å²) in [5.74, 6) is 0.161.